The molecule has 0 fully saturated rings. The van der Waals surface area contributed by atoms with Crippen molar-refractivity contribution in [2.45, 2.75) is 18.7 Å². The van der Waals surface area contributed by atoms with Crippen molar-refractivity contribution in [1.29, 1.82) is 0 Å². The number of hydrogen-bond acceptors (Lipinski definition) is 3. The molecule has 0 radical (unpaired) electrons. The Morgan fingerprint density at radius 3 is 2.29 bits per heavy atom. The van der Waals surface area contributed by atoms with E-state index in [2.05, 4.69) is 0 Å². The summed E-state index contributed by atoms with van der Waals surface area (Å²) in [5.41, 5.74) is 7.14. The van der Waals surface area contributed by atoms with Gasteiger partial charge in [-0.3, -0.25) is 4.31 Å². The van der Waals surface area contributed by atoms with Crippen molar-refractivity contribution < 1.29 is 12.8 Å². The summed E-state index contributed by atoms with van der Waals surface area (Å²) in [5, 5.41) is 0. The van der Waals surface area contributed by atoms with Gasteiger partial charge in [-0.2, -0.15) is 0 Å². The van der Waals surface area contributed by atoms with Crippen LogP contribution in [0, 0.1) is 12.7 Å². The Morgan fingerprint density at radius 1 is 1.14 bits per heavy atom. The number of nitrogen functional groups attached to an aromatic ring is 1. The molecular weight excluding hydrogens is 291 g/mol. The zero-order chi connectivity index (χ0) is 15.6. The van der Waals surface area contributed by atoms with Crippen LogP contribution in [0.1, 0.15) is 12.5 Å². The zero-order valence-electron chi connectivity index (χ0n) is 11.9. The molecule has 0 aliphatic rings. The van der Waals surface area contributed by atoms with Crippen LogP contribution in [0.3, 0.4) is 0 Å². The molecule has 0 amide bonds. The van der Waals surface area contributed by atoms with E-state index in [0.29, 0.717) is 5.69 Å². The monoisotopic (exact) mass is 308 g/mol. The zero-order valence-corrected chi connectivity index (χ0v) is 12.7. The second kappa shape index (κ2) is 5.73. The topological polar surface area (TPSA) is 63.4 Å². The predicted molar refractivity (Wildman–Crippen MR) is 82.2 cm³/mol. The van der Waals surface area contributed by atoms with E-state index < -0.39 is 15.8 Å². The molecule has 2 aromatic rings. The molecule has 0 unspecified atom stereocenters. The maximum absolute atomic E-state index is 13.1. The standard InChI is InChI=1S/C15H17FN2O2S/c1-3-18(13-7-4-11(2)5-8-13)21(19,20)15-9-6-12(16)10-14(15)17/h4-10H,3,17H2,1-2H3. The van der Waals surface area contributed by atoms with Crippen molar-refractivity contribution in [1.82, 2.24) is 0 Å². The molecule has 0 aliphatic carbocycles. The SMILES string of the molecule is CCN(c1ccc(C)cc1)S(=O)(=O)c1ccc(F)cc1N. The fraction of sp³-hybridized carbons (Fsp3) is 0.200. The van der Waals surface area contributed by atoms with Gasteiger partial charge >= 0.3 is 0 Å². The third kappa shape index (κ3) is 3.00. The highest BCUT2D eigenvalue weighted by atomic mass is 32.2. The summed E-state index contributed by atoms with van der Waals surface area (Å²) in [6, 6.07) is 10.4. The fourth-order valence-electron chi connectivity index (χ4n) is 2.08. The van der Waals surface area contributed by atoms with Gasteiger partial charge in [-0.25, -0.2) is 12.8 Å². The highest BCUT2D eigenvalue weighted by Crippen LogP contribution is 2.27. The first kappa shape index (κ1) is 15.3. The second-order valence-electron chi connectivity index (χ2n) is 4.69. The summed E-state index contributed by atoms with van der Waals surface area (Å²) in [6.45, 7) is 3.91. The van der Waals surface area contributed by atoms with Gasteiger partial charge in [0, 0.05) is 6.54 Å². The molecule has 0 saturated carbocycles. The molecule has 2 rings (SSSR count). The minimum atomic E-state index is -3.82. The van der Waals surface area contributed by atoms with Crippen LogP contribution in [0.4, 0.5) is 15.8 Å². The minimum absolute atomic E-state index is 0.0914. The maximum atomic E-state index is 13.1. The Labute approximate surface area is 124 Å². The first-order valence-corrected chi connectivity index (χ1v) is 7.94. The third-order valence-corrected chi connectivity index (χ3v) is 5.13. The van der Waals surface area contributed by atoms with E-state index in [1.165, 1.54) is 10.4 Å². The molecule has 2 aromatic carbocycles. The van der Waals surface area contributed by atoms with E-state index in [9.17, 15) is 12.8 Å². The highest BCUT2D eigenvalue weighted by Gasteiger charge is 2.25. The molecule has 0 spiro atoms. The Balaban J connectivity index is 2.51. The lowest BCUT2D eigenvalue weighted by Crippen LogP contribution is -2.31. The highest BCUT2D eigenvalue weighted by molar-refractivity contribution is 7.93. The lowest BCUT2D eigenvalue weighted by atomic mass is 10.2. The van der Waals surface area contributed by atoms with Gasteiger partial charge in [0.15, 0.2) is 0 Å². The molecule has 2 N–H and O–H groups in total. The van der Waals surface area contributed by atoms with Gasteiger partial charge in [-0.15, -0.1) is 0 Å². The van der Waals surface area contributed by atoms with Crippen molar-refractivity contribution >= 4 is 21.4 Å². The van der Waals surface area contributed by atoms with Gasteiger partial charge in [-0.1, -0.05) is 17.7 Å². The minimum Gasteiger partial charge on any atom is -0.398 e. The summed E-state index contributed by atoms with van der Waals surface area (Å²) in [7, 11) is -3.82. The average molecular weight is 308 g/mol. The summed E-state index contributed by atoms with van der Waals surface area (Å²) < 4.78 is 39.8. The number of aryl methyl sites for hydroxylation is 1. The lowest BCUT2D eigenvalue weighted by Gasteiger charge is -2.23. The average Bonchev–Trinajstić information content (AvgIpc) is 2.41. The van der Waals surface area contributed by atoms with E-state index in [-0.39, 0.29) is 17.1 Å². The molecule has 6 heteroatoms. The van der Waals surface area contributed by atoms with Gasteiger partial charge in [0.2, 0.25) is 0 Å². The van der Waals surface area contributed by atoms with Crippen LogP contribution in [-0.4, -0.2) is 15.0 Å². The summed E-state index contributed by atoms with van der Waals surface area (Å²) in [4.78, 5) is -0.0914. The third-order valence-electron chi connectivity index (χ3n) is 3.15. The van der Waals surface area contributed by atoms with E-state index in [4.69, 9.17) is 5.73 Å². The van der Waals surface area contributed by atoms with Crippen molar-refractivity contribution in [2.75, 3.05) is 16.6 Å². The van der Waals surface area contributed by atoms with Crippen LogP contribution in [0.15, 0.2) is 47.4 Å². The summed E-state index contributed by atoms with van der Waals surface area (Å²) >= 11 is 0. The summed E-state index contributed by atoms with van der Waals surface area (Å²) in [5.74, 6) is -0.565. The van der Waals surface area contributed by atoms with E-state index in [1.807, 2.05) is 19.1 Å². The molecule has 0 bridgehead atoms. The number of rotatable bonds is 4. The molecule has 0 atom stereocenters. The van der Waals surface area contributed by atoms with E-state index >= 15 is 0 Å². The van der Waals surface area contributed by atoms with Crippen LogP contribution in [0.5, 0.6) is 0 Å². The first-order valence-electron chi connectivity index (χ1n) is 6.50. The normalized spacial score (nSPS) is 11.4. The largest absolute Gasteiger partial charge is 0.398 e. The van der Waals surface area contributed by atoms with Gasteiger partial charge in [-0.05, 0) is 44.2 Å². The fourth-order valence-corrected chi connectivity index (χ4v) is 3.65. The predicted octanol–water partition coefficient (Wildman–Crippen LogP) is 2.93. The van der Waals surface area contributed by atoms with E-state index in [1.54, 1.807) is 19.1 Å². The molecule has 0 heterocycles. The van der Waals surface area contributed by atoms with Gasteiger partial charge in [0.1, 0.15) is 10.7 Å². The molecule has 0 aromatic heterocycles. The number of benzene rings is 2. The number of sulfonamides is 1. The van der Waals surface area contributed by atoms with Crippen LogP contribution < -0.4 is 10.0 Å². The van der Waals surface area contributed by atoms with Crippen LogP contribution in [0.25, 0.3) is 0 Å². The van der Waals surface area contributed by atoms with Crippen LogP contribution >= 0.6 is 0 Å². The lowest BCUT2D eigenvalue weighted by molar-refractivity contribution is 0.591. The Kier molecular flexibility index (Phi) is 4.18. The van der Waals surface area contributed by atoms with Crippen molar-refractivity contribution in [2.24, 2.45) is 0 Å². The number of nitrogens with zero attached hydrogens (tertiary/aromatic N) is 1. The van der Waals surface area contributed by atoms with Crippen molar-refractivity contribution in [3.63, 3.8) is 0 Å². The van der Waals surface area contributed by atoms with Crippen molar-refractivity contribution in [3.8, 4) is 0 Å². The Hall–Kier alpha value is -2.08. The van der Waals surface area contributed by atoms with Crippen molar-refractivity contribution in [3.05, 3.63) is 53.8 Å². The molecular formula is C15H17FN2O2S. The van der Waals surface area contributed by atoms with Crippen LogP contribution in [-0.2, 0) is 10.0 Å². The van der Waals surface area contributed by atoms with Crippen LogP contribution in [0.2, 0.25) is 0 Å². The summed E-state index contributed by atoms with van der Waals surface area (Å²) in [6.07, 6.45) is 0. The maximum Gasteiger partial charge on any atom is 0.266 e. The molecule has 112 valence electrons. The molecule has 0 aliphatic heterocycles. The number of nitrogens with two attached hydrogens (primary N) is 1. The quantitative estimate of drug-likeness (QED) is 0.883. The van der Waals surface area contributed by atoms with Gasteiger partial charge in [0.05, 0.1) is 11.4 Å². The molecule has 21 heavy (non-hydrogen) atoms. The Bertz CT molecular complexity index is 743. The number of anilines is 2. The van der Waals surface area contributed by atoms with E-state index in [0.717, 1.165) is 17.7 Å². The smallest absolute Gasteiger partial charge is 0.266 e. The Morgan fingerprint density at radius 2 is 1.76 bits per heavy atom. The number of halogens is 1. The molecule has 0 saturated heterocycles. The van der Waals surface area contributed by atoms with Gasteiger partial charge in [0.25, 0.3) is 10.0 Å². The second-order valence-corrected chi connectivity index (χ2v) is 6.52. The first-order chi connectivity index (χ1) is 9.86. The van der Waals surface area contributed by atoms with Gasteiger partial charge < -0.3 is 5.73 Å². The number of hydrogen-bond donors (Lipinski definition) is 1. The molecule has 4 nitrogen and oxygen atoms in total.